The van der Waals surface area contributed by atoms with Crippen molar-refractivity contribution >= 4 is 11.3 Å². The molecular formula is C15H18N6. The molecule has 0 spiro atoms. The zero-order valence-electron chi connectivity index (χ0n) is 12.4. The second kappa shape index (κ2) is 5.47. The molecule has 0 unspecified atom stereocenters. The molecule has 0 radical (unpaired) electrons. The van der Waals surface area contributed by atoms with Gasteiger partial charge >= 0.3 is 0 Å². The van der Waals surface area contributed by atoms with Crippen LogP contribution in [0.3, 0.4) is 0 Å². The maximum absolute atomic E-state index is 4.55. The molecule has 0 saturated heterocycles. The SMILES string of the molecule is Cc1nccc(CNc2nccn3nc(C(C)C)cc23)n1. The van der Waals surface area contributed by atoms with Crippen molar-refractivity contribution in [2.45, 2.75) is 33.2 Å². The van der Waals surface area contributed by atoms with Gasteiger partial charge in [0.15, 0.2) is 5.82 Å². The minimum absolute atomic E-state index is 0.391. The Morgan fingerprint density at radius 2 is 2.10 bits per heavy atom. The molecule has 0 aliphatic rings. The molecule has 6 nitrogen and oxygen atoms in total. The van der Waals surface area contributed by atoms with Crippen LogP contribution in [0.5, 0.6) is 0 Å². The van der Waals surface area contributed by atoms with Gasteiger partial charge in [0, 0.05) is 18.6 Å². The molecule has 3 heterocycles. The Labute approximate surface area is 123 Å². The predicted molar refractivity (Wildman–Crippen MR) is 81.2 cm³/mol. The summed E-state index contributed by atoms with van der Waals surface area (Å²) in [4.78, 5) is 12.9. The van der Waals surface area contributed by atoms with Crippen molar-refractivity contribution in [3.63, 3.8) is 0 Å². The van der Waals surface area contributed by atoms with E-state index in [1.54, 1.807) is 12.4 Å². The van der Waals surface area contributed by atoms with E-state index in [9.17, 15) is 0 Å². The van der Waals surface area contributed by atoms with Crippen molar-refractivity contribution < 1.29 is 0 Å². The maximum Gasteiger partial charge on any atom is 0.152 e. The molecule has 1 N–H and O–H groups in total. The molecule has 0 aliphatic carbocycles. The first kappa shape index (κ1) is 13.5. The van der Waals surface area contributed by atoms with Gasteiger partial charge in [0.05, 0.1) is 17.9 Å². The van der Waals surface area contributed by atoms with E-state index >= 15 is 0 Å². The van der Waals surface area contributed by atoms with E-state index in [0.717, 1.165) is 28.5 Å². The van der Waals surface area contributed by atoms with Gasteiger partial charge in [-0.15, -0.1) is 0 Å². The Kier molecular flexibility index (Phi) is 3.51. The Bertz CT molecular complexity index is 762. The van der Waals surface area contributed by atoms with Gasteiger partial charge in [0.2, 0.25) is 0 Å². The van der Waals surface area contributed by atoms with Gasteiger partial charge in [-0.3, -0.25) is 0 Å². The fourth-order valence-corrected chi connectivity index (χ4v) is 2.14. The Hall–Kier alpha value is -2.50. The molecule has 6 heteroatoms. The smallest absolute Gasteiger partial charge is 0.152 e. The highest BCUT2D eigenvalue weighted by molar-refractivity contribution is 5.67. The van der Waals surface area contributed by atoms with Gasteiger partial charge in [-0.2, -0.15) is 5.10 Å². The topological polar surface area (TPSA) is 68.0 Å². The largest absolute Gasteiger partial charge is 0.363 e. The highest BCUT2D eigenvalue weighted by Gasteiger charge is 2.09. The zero-order chi connectivity index (χ0) is 14.8. The molecule has 0 aliphatic heterocycles. The molecule has 3 aromatic heterocycles. The average molecular weight is 282 g/mol. The third-order valence-corrected chi connectivity index (χ3v) is 3.27. The van der Waals surface area contributed by atoms with E-state index in [2.05, 4.69) is 45.3 Å². The van der Waals surface area contributed by atoms with Crippen LogP contribution < -0.4 is 5.32 Å². The predicted octanol–water partition coefficient (Wildman–Crippen LogP) is 2.56. The Balaban J connectivity index is 1.86. The number of nitrogens with zero attached hydrogens (tertiary/aromatic N) is 5. The van der Waals surface area contributed by atoms with Crippen LogP contribution in [-0.4, -0.2) is 24.6 Å². The molecule has 3 rings (SSSR count). The van der Waals surface area contributed by atoms with Crippen molar-refractivity contribution in [2.24, 2.45) is 0 Å². The molecule has 0 bridgehead atoms. The number of fused-ring (bicyclic) bond motifs is 1. The van der Waals surface area contributed by atoms with Crippen LogP contribution >= 0.6 is 0 Å². The Morgan fingerprint density at radius 3 is 2.86 bits per heavy atom. The van der Waals surface area contributed by atoms with Gasteiger partial charge in [0.25, 0.3) is 0 Å². The van der Waals surface area contributed by atoms with Crippen molar-refractivity contribution in [1.82, 2.24) is 24.6 Å². The first-order chi connectivity index (χ1) is 10.1. The van der Waals surface area contributed by atoms with Crippen LogP contribution in [0.15, 0.2) is 30.7 Å². The van der Waals surface area contributed by atoms with Crippen molar-refractivity contribution in [1.29, 1.82) is 0 Å². The van der Waals surface area contributed by atoms with E-state index in [-0.39, 0.29) is 0 Å². The molecule has 0 atom stereocenters. The molecule has 21 heavy (non-hydrogen) atoms. The third-order valence-electron chi connectivity index (χ3n) is 3.27. The Morgan fingerprint density at radius 1 is 1.24 bits per heavy atom. The van der Waals surface area contributed by atoms with Gasteiger partial charge in [-0.05, 0) is 25.0 Å². The second-order valence-electron chi connectivity index (χ2n) is 5.28. The summed E-state index contributed by atoms with van der Waals surface area (Å²) >= 11 is 0. The van der Waals surface area contributed by atoms with Crippen LogP contribution in [0.4, 0.5) is 5.82 Å². The summed E-state index contributed by atoms with van der Waals surface area (Å²) < 4.78 is 1.86. The standard InChI is InChI=1S/C15H18N6/c1-10(2)13-8-14-15(17-6-7-21(14)20-13)18-9-12-4-5-16-11(3)19-12/h4-8,10H,9H2,1-3H3,(H,17,18). The summed E-state index contributed by atoms with van der Waals surface area (Å²) in [6.45, 7) is 6.75. The van der Waals surface area contributed by atoms with Gasteiger partial charge in [-0.1, -0.05) is 13.8 Å². The second-order valence-corrected chi connectivity index (χ2v) is 5.28. The van der Waals surface area contributed by atoms with Crippen molar-refractivity contribution in [2.75, 3.05) is 5.32 Å². The summed E-state index contributed by atoms with van der Waals surface area (Å²) in [5, 5.41) is 7.87. The third kappa shape index (κ3) is 2.84. The van der Waals surface area contributed by atoms with Gasteiger partial charge in [0.1, 0.15) is 11.3 Å². The highest BCUT2D eigenvalue weighted by atomic mass is 15.2. The van der Waals surface area contributed by atoms with Crippen molar-refractivity contribution in [3.05, 3.63) is 47.9 Å². The maximum atomic E-state index is 4.55. The average Bonchev–Trinajstić information content (AvgIpc) is 2.90. The monoisotopic (exact) mass is 282 g/mol. The number of nitrogens with one attached hydrogen (secondary N) is 1. The van der Waals surface area contributed by atoms with Crippen LogP contribution in [0.25, 0.3) is 5.52 Å². The molecule has 108 valence electrons. The van der Waals surface area contributed by atoms with E-state index < -0.39 is 0 Å². The zero-order valence-corrected chi connectivity index (χ0v) is 12.4. The lowest BCUT2D eigenvalue weighted by Crippen LogP contribution is -2.05. The fourth-order valence-electron chi connectivity index (χ4n) is 2.14. The van der Waals surface area contributed by atoms with Crippen molar-refractivity contribution in [3.8, 4) is 0 Å². The molecule has 3 aromatic rings. The van der Waals surface area contributed by atoms with E-state index in [0.29, 0.717) is 12.5 Å². The quantitative estimate of drug-likeness (QED) is 0.796. The highest BCUT2D eigenvalue weighted by Crippen LogP contribution is 2.20. The van der Waals surface area contributed by atoms with Crippen LogP contribution in [-0.2, 0) is 6.54 Å². The number of aryl methyl sites for hydroxylation is 1. The summed E-state index contributed by atoms with van der Waals surface area (Å²) in [7, 11) is 0. The molecule has 0 fully saturated rings. The number of hydrogen-bond acceptors (Lipinski definition) is 5. The molecule has 0 amide bonds. The van der Waals surface area contributed by atoms with Crippen LogP contribution in [0, 0.1) is 6.92 Å². The summed E-state index contributed by atoms with van der Waals surface area (Å²) in [6, 6.07) is 3.97. The number of anilines is 1. The molecule has 0 aromatic carbocycles. The summed E-state index contributed by atoms with van der Waals surface area (Å²) in [5.41, 5.74) is 2.98. The number of aromatic nitrogens is 5. The fraction of sp³-hybridized carbons (Fsp3) is 0.333. The summed E-state index contributed by atoms with van der Waals surface area (Å²) in [5.74, 6) is 1.97. The normalized spacial score (nSPS) is 11.2. The van der Waals surface area contributed by atoms with Crippen LogP contribution in [0.2, 0.25) is 0 Å². The number of hydrogen-bond donors (Lipinski definition) is 1. The minimum atomic E-state index is 0.391. The van der Waals surface area contributed by atoms with E-state index in [1.807, 2.05) is 23.7 Å². The van der Waals surface area contributed by atoms with Gasteiger partial charge in [-0.25, -0.2) is 19.5 Å². The lowest BCUT2D eigenvalue weighted by molar-refractivity contribution is 0.787. The van der Waals surface area contributed by atoms with Crippen LogP contribution in [0.1, 0.15) is 37.0 Å². The minimum Gasteiger partial charge on any atom is -0.363 e. The van der Waals surface area contributed by atoms with E-state index in [4.69, 9.17) is 0 Å². The summed E-state index contributed by atoms with van der Waals surface area (Å²) in [6.07, 6.45) is 5.38. The molecular weight excluding hydrogens is 264 g/mol. The lowest BCUT2D eigenvalue weighted by Gasteiger charge is -2.06. The van der Waals surface area contributed by atoms with E-state index in [1.165, 1.54) is 0 Å². The lowest BCUT2D eigenvalue weighted by atomic mass is 10.1. The molecule has 0 saturated carbocycles. The van der Waals surface area contributed by atoms with Gasteiger partial charge < -0.3 is 5.32 Å². The number of rotatable bonds is 4. The first-order valence-electron chi connectivity index (χ1n) is 7.00. The first-order valence-corrected chi connectivity index (χ1v) is 7.00.